The molecule has 2 rings (SSSR count). The van der Waals surface area contributed by atoms with Gasteiger partial charge in [-0.05, 0) is 38.7 Å². The van der Waals surface area contributed by atoms with Gasteiger partial charge < -0.3 is 10.2 Å². The Labute approximate surface area is 131 Å². The van der Waals surface area contributed by atoms with Crippen LogP contribution in [0.15, 0.2) is 18.2 Å². The summed E-state index contributed by atoms with van der Waals surface area (Å²) in [5.41, 5.74) is 1.10. The monoisotopic (exact) mass is 315 g/mol. The lowest BCUT2D eigenvalue weighted by atomic mass is 10.1. The molecule has 3 nitrogen and oxygen atoms in total. The van der Waals surface area contributed by atoms with Crippen molar-refractivity contribution in [3.8, 4) is 0 Å². The molecule has 1 fully saturated rings. The van der Waals surface area contributed by atoms with Crippen molar-refractivity contribution in [2.75, 3.05) is 40.3 Å². The van der Waals surface area contributed by atoms with Crippen molar-refractivity contribution < 1.29 is 0 Å². The van der Waals surface area contributed by atoms with E-state index in [4.69, 9.17) is 23.2 Å². The molecule has 5 heteroatoms. The Morgan fingerprint density at radius 1 is 1.30 bits per heavy atom. The van der Waals surface area contributed by atoms with Gasteiger partial charge >= 0.3 is 0 Å². The van der Waals surface area contributed by atoms with Crippen molar-refractivity contribution in [3.05, 3.63) is 33.8 Å². The standard InChI is InChI=1S/C15H23Cl2N3/c1-11(14-5-4-12(16)8-15(14)17)18-9-13-10-19(2)6-7-20(13)3/h4-5,8,11,13,18H,6-7,9-10H2,1-3H3. The highest BCUT2D eigenvalue weighted by molar-refractivity contribution is 6.35. The number of piperazine rings is 1. The van der Waals surface area contributed by atoms with Crippen LogP contribution in [0.1, 0.15) is 18.5 Å². The van der Waals surface area contributed by atoms with Crippen molar-refractivity contribution in [1.82, 2.24) is 15.1 Å². The lowest BCUT2D eigenvalue weighted by Crippen LogP contribution is -2.53. The molecule has 0 aromatic heterocycles. The zero-order valence-electron chi connectivity index (χ0n) is 12.4. The van der Waals surface area contributed by atoms with E-state index in [1.165, 1.54) is 0 Å². The summed E-state index contributed by atoms with van der Waals surface area (Å²) in [5, 5.41) is 4.99. The molecule has 1 aliphatic heterocycles. The molecule has 0 aliphatic carbocycles. The Balaban J connectivity index is 1.92. The van der Waals surface area contributed by atoms with E-state index in [0.717, 1.165) is 36.8 Å². The lowest BCUT2D eigenvalue weighted by Gasteiger charge is -2.38. The fraction of sp³-hybridized carbons (Fsp3) is 0.600. The van der Waals surface area contributed by atoms with Gasteiger partial charge in [-0.15, -0.1) is 0 Å². The second-order valence-electron chi connectivity index (χ2n) is 5.69. The largest absolute Gasteiger partial charge is 0.309 e. The maximum Gasteiger partial charge on any atom is 0.0468 e. The number of rotatable bonds is 4. The minimum atomic E-state index is 0.223. The predicted molar refractivity (Wildman–Crippen MR) is 86.8 cm³/mol. The number of halogens is 2. The van der Waals surface area contributed by atoms with Crippen molar-refractivity contribution in [2.45, 2.75) is 19.0 Å². The highest BCUT2D eigenvalue weighted by Crippen LogP contribution is 2.26. The van der Waals surface area contributed by atoms with E-state index < -0.39 is 0 Å². The van der Waals surface area contributed by atoms with Crippen molar-refractivity contribution in [1.29, 1.82) is 0 Å². The average molecular weight is 316 g/mol. The molecule has 2 unspecified atom stereocenters. The van der Waals surface area contributed by atoms with E-state index in [1.807, 2.05) is 12.1 Å². The van der Waals surface area contributed by atoms with Gasteiger partial charge in [-0.25, -0.2) is 0 Å². The molecular formula is C15H23Cl2N3. The molecule has 0 radical (unpaired) electrons. The number of hydrogen-bond acceptors (Lipinski definition) is 3. The average Bonchev–Trinajstić information content (AvgIpc) is 2.39. The van der Waals surface area contributed by atoms with Gasteiger partial charge in [0.1, 0.15) is 0 Å². The van der Waals surface area contributed by atoms with Crippen molar-refractivity contribution in [2.24, 2.45) is 0 Å². The summed E-state index contributed by atoms with van der Waals surface area (Å²) < 4.78 is 0. The zero-order valence-corrected chi connectivity index (χ0v) is 13.9. The third-order valence-electron chi connectivity index (χ3n) is 4.07. The highest BCUT2D eigenvalue weighted by atomic mass is 35.5. The van der Waals surface area contributed by atoms with Gasteiger partial charge in [-0.2, -0.15) is 0 Å². The third kappa shape index (κ3) is 4.09. The third-order valence-corrected chi connectivity index (χ3v) is 4.63. The Morgan fingerprint density at radius 3 is 2.75 bits per heavy atom. The fourth-order valence-electron chi connectivity index (χ4n) is 2.60. The van der Waals surface area contributed by atoms with Crippen LogP contribution in [0.5, 0.6) is 0 Å². The van der Waals surface area contributed by atoms with Crippen LogP contribution in [0.3, 0.4) is 0 Å². The summed E-state index contributed by atoms with van der Waals surface area (Å²) in [6.45, 7) is 6.47. The Morgan fingerprint density at radius 2 is 2.05 bits per heavy atom. The number of benzene rings is 1. The Bertz CT molecular complexity index is 453. The van der Waals surface area contributed by atoms with Crippen LogP contribution in [0, 0.1) is 0 Å². The molecule has 1 N–H and O–H groups in total. The summed E-state index contributed by atoms with van der Waals surface area (Å²) in [7, 11) is 4.37. The van der Waals surface area contributed by atoms with Gasteiger partial charge in [0.15, 0.2) is 0 Å². The van der Waals surface area contributed by atoms with E-state index in [9.17, 15) is 0 Å². The molecule has 1 saturated heterocycles. The summed E-state index contributed by atoms with van der Waals surface area (Å²) in [6, 6.07) is 6.46. The Hall–Kier alpha value is -0.320. The van der Waals surface area contributed by atoms with E-state index in [0.29, 0.717) is 11.1 Å². The molecule has 1 aliphatic rings. The maximum absolute atomic E-state index is 6.25. The van der Waals surface area contributed by atoms with Gasteiger partial charge in [0.2, 0.25) is 0 Å². The van der Waals surface area contributed by atoms with Gasteiger partial charge in [0.25, 0.3) is 0 Å². The molecule has 0 spiro atoms. The number of likely N-dealkylation sites (N-methyl/N-ethyl adjacent to an activating group) is 2. The van der Waals surface area contributed by atoms with Crippen LogP contribution >= 0.6 is 23.2 Å². The predicted octanol–water partition coefficient (Wildman–Crippen LogP) is 2.89. The van der Waals surface area contributed by atoms with Crippen LogP contribution in [-0.2, 0) is 0 Å². The maximum atomic E-state index is 6.25. The van der Waals surface area contributed by atoms with E-state index in [-0.39, 0.29) is 6.04 Å². The minimum Gasteiger partial charge on any atom is -0.309 e. The summed E-state index contributed by atoms with van der Waals surface area (Å²) in [6.07, 6.45) is 0. The van der Waals surface area contributed by atoms with Crippen LogP contribution in [-0.4, -0.2) is 56.1 Å². The number of hydrogen-bond donors (Lipinski definition) is 1. The van der Waals surface area contributed by atoms with Crippen LogP contribution in [0.25, 0.3) is 0 Å². The normalized spacial score (nSPS) is 22.9. The zero-order chi connectivity index (χ0) is 14.7. The Kier molecular flexibility index (Phi) is 5.70. The van der Waals surface area contributed by atoms with Crippen LogP contribution in [0.4, 0.5) is 0 Å². The van der Waals surface area contributed by atoms with E-state index in [2.05, 4.69) is 36.1 Å². The SMILES string of the molecule is CC(NCC1CN(C)CCN1C)c1ccc(Cl)cc1Cl. The molecule has 0 amide bonds. The van der Waals surface area contributed by atoms with E-state index >= 15 is 0 Å². The first-order valence-corrected chi connectivity index (χ1v) is 7.80. The first-order valence-electron chi connectivity index (χ1n) is 7.04. The summed E-state index contributed by atoms with van der Waals surface area (Å²) in [5.74, 6) is 0. The van der Waals surface area contributed by atoms with Crippen molar-refractivity contribution in [3.63, 3.8) is 0 Å². The first-order chi connectivity index (χ1) is 9.47. The quantitative estimate of drug-likeness (QED) is 0.921. The first kappa shape index (κ1) is 16.1. The molecule has 0 bridgehead atoms. The smallest absolute Gasteiger partial charge is 0.0468 e. The molecular weight excluding hydrogens is 293 g/mol. The van der Waals surface area contributed by atoms with Gasteiger partial charge in [-0.3, -0.25) is 4.90 Å². The minimum absolute atomic E-state index is 0.223. The molecule has 1 heterocycles. The van der Waals surface area contributed by atoms with Crippen LogP contribution in [0.2, 0.25) is 10.0 Å². The lowest BCUT2D eigenvalue weighted by molar-refractivity contribution is 0.112. The number of nitrogens with zero attached hydrogens (tertiary/aromatic N) is 2. The molecule has 1 aromatic carbocycles. The number of nitrogens with one attached hydrogen (secondary N) is 1. The molecule has 112 valence electrons. The highest BCUT2D eigenvalue weighted by Gasteiger charge is 2.22. The molecule has 0 saturated carbocycles. The van der Waals surface area contributed by atoms with Gasteiger partial charge in [-0.1, -0.05) is 29.3 Å². The second kappa shape index (κ2) is 7.10. The molecule has 1 aromatic rings. The van der Waals surface area contributed by atoms with Crippen molar-refractivity contribution >= 4 is 23.2 Å². The summed E-state index contributed by atoms with van der Waals surface area (Å²) >= 11 is 12.2. The van der Waals surface area contributed by atoms with E-state index in [1.54, 1.807) is 6.07 Å². The summed E-state index contributed by atoms with van der Waals surface area (Å²) in [4.78, 5) is 4.80. The fourth-order valence-corrected chi connectivity index (χ4v) is 3.17. The topological polar surface area (TPSA) is 18.5 Å². The van der Waals surface area contributed by atoms with Gasteiger partial charge in [0.05, 0.1) is 0 Å². The van der Waals surface area contributed by atoms with Crippen LogP contribution < -0.4 is 5.32 Å². The second-order valence-corrected chi connectivity index (χ2v) is 6.54. The van der Waals surface area contributed by atoms with Gasteiger partial charge in [0, 0.05) is 48.3 Å². The molecule has 20 heavy (non-hydrogen) atoms. The molecule has 2 atom stereocenters.